The standard InChI is InChI=1S/C11H8F4N2/c12-9-7(11(13,14)15)3-4-8-10(9)16-5-17(8)6-1-2-6/h3-6H,1-2H2. The normalized spacial score (nSPS) is 16.7. The van der Waals surface area contributed by atoms with E-state index in [0.29, 0.717) is 5.52 Å². The molecule has 1 aliphatic carbocycles. The van der Waals surface area contributed by atoms with E-state index in [0.717, 1.165) is 18.9 Å². The van der Waals surface area contributed by atoms with Crippen LogP contribution >= 0.6 is 0 Å². The van der Waals surface area contributed by atoms with Gasteiger partial charge in [0.2, 0.25) is 0 Å². The molecule has 3 rings (SSSR count). The van der Waals surface area contributed by atoms with Gasteiger partial charge in [-0.25, -0.2) is 9.37 Å². The Hall–Kier alpha value is -1.59. The van der Waals surface area contributed by atoms with E-state index >= 15 is 0 Å². The molecule has 2 aromatic rings. The monoisotopic (exact) mass is 244 g/mol. The second-order valence-corrected chi connectivity index (χ2v) is 4.18. The Balaban J connectivity index is 2.22. The van der Waals surface area contributed by atoms with Crippen LogP contribution in [-0.4, -0.2) is 9.55 Å². The van der Waals surface area contributed by atoms with Gasteiger partial charge in [-0.3, -0.25) is 0 Å². The number of imidazole rings is 1. The third-order valence-corrected chi connectivity index (χ3v) is 2.93. The molecule has 0 N–H and O–H groups in total. The molecule has 0 spiro atoms. The molecular weight excluding hydrogens is 236 g/mol. The number of halogens is 4. The number of fused-ring (bicyclic) bond motifs is 1. The number of aromatic nitrogens is 2. The fourth-order valence-electron chi connectivity index (χ4n) is 1.93. The molecule has 17 heavy (non-hydrogen) atoms. The highest BCUT2D eigenvalue weighted by Gasteiger charge is 2.36. The zero-order valence-corrected chi connectivity index (χ0v) is 8.63. The van der Waals surface area contributed by atoms with Crippen molar-refractivity contribution in [3.05, 3.63) is 29.8 Å². The minimum Gasteiger partial charge on any atom is -0.327 e. The van der Waals surface area contributed by atoms with E-state index in [1.165, 1.54) is 12.4 Å². The van der Waals surface area contributed by atoms with Crippen molar-refractivity contribution in [2.24, 2.45) is 0 Å². The molecule has 0 unspecified atom stereocenters. The molecular formula is C11H8F4N2. The van der Waals surface area contributed by atoms with Crippen LogP contribution in [0.3, 0.4) is 0 Å². The smallest absolute Gasteiger partial charge is 0.327 e. The molecule has 1 aromatic carbocycles. The van der Waals surface area contributed by atoms with Gasteiger partial charge in [0.05, 0.1) is 17.4 Å². The molecule has 1 fully saturated rings. The summed E-state index contributed by atoms with van der Waals surface area (Å²) in [5.41, 5.74) is -1.03. The van der Waals surface area contributed by atoms with E-state index in [1.807, 2.05) is 0 Å². The number of rotatable bonds is 1. The van der Waals surface area contributed by atoms with Crippen molar-refractivity contribution in [2.75, 3.05) is 0 Å². The predicted octanol–water partition coefficient (Wildman–Crippen LogP) is 3.53. The van der Waals surface area contributed by atoms with Gasteiger partial charge < -0.3 is 4.57 Å². The van der Waals surface area contributed by atoms with Crippen LogP contribution in [0.2, 0.25) is 0 Å². The summed E-state index contributed by atoms with van der Waals surface area (Å²) in [7, 11) is 0. The average molecular weight is 244 g/mol. The van der Waals surface area contributed by atoms with Gasteiger partial charge in [0, 0.05) is 6.04 Å². The largest absolute Gasteiger partial charge is 0.419 e. The van der Waals surface area contributed by atoms with Crippen LogP contribution in [0.5, 0.6) is 0 Å². The van der Waals surface area contributed by atoms with Crippen LogP contribution in [-0.2, 0) is 6.18 Å². The van der Waals surface area contributed by atoms with E-state index in [1.54, 1.807) is 4.57 Å². The van der Waals surface area contributed by atoms with E-state index in [4.69, 9.17) is 0 Å². The Labute approximate surface area is 93.9 Å². The summed E-state index contributed by atoms with van der Waals surface area (Å²) in [6, 6.07) is 2.32. The first-order valence-electron chi connectivity index (χ1n) is 5.20. The molecule has 0 amide bonds. The average Bonchev–Trinajstić information content (AvgIpc) is 2.97. The fraction of sp³-hybridized carbons (Fsp3) is 0.364. The summed E-state index contributed by atoms with van der Waals surface area (Å²) in [5.74, 6) is -1.28. The van der Waals surface area contributed by atoms with E-state index in [9.17, 15) is 17.6 Å². The summed E-state index contributed by atoms with van der Waals surface area (Å²) < 4.78 is 52.8. The molecule has 0 bridgehead atoms. The van der Waals surface area contributed by atoms with Crippen molar-refractivity contribution in [2.45, 2.75) is 25.1 Å². The lowest BCUT2D eigenvalue weighted by molar-refractivity contribution is -0.139. The Kier molecular flexibility index (Phi) is 1.99. The van der Waals surface area contributed by atoms with Crippen LogP contribution in [0, 0.1) is 5.82 Å². The summed E-state index contributed by atoms with van der Waals surface area (Å²) in [6.07, 6.45) is -1.34. The van der Waals surface area contributed by atoms with Crippen LogP contribution in [0.15, 0.2) is 18.5 Å². The third kappa shape index (κ3) is 1.59. The van der Waals surface area contributed by atoms with E-state index < -0.39 is 17.6 Å². The minimum absolute atomic E-state index is 0.202. The molecule has 90 valence electrons. The van der Waals surface area contributed by atoms with Gasteiger partial charge in [0.15, 0.2) is 5.82 Å². The number of hydrogen-bond acceptors (Lipinski definition) is 1. The minimum atomic E-state index is -4.68. The molecule has 1 heterocycles. The zero-order valence-electron chi connectivity index (χ0n) is 8.63. The molecule has 0 saturated heterocycles. The van der Waals surface area contributed by atoms with Crippen molar-refractivity contribution < 1.29 is 17.6 Å². The molecule has 0 atom stereocenters. The first-order valence-corrected chi connectivity index (χ1v) is 5.20. The second kappa shape index (κ2) is 3.21. The van der Waals surface area contributed by atoms with Gasteiger partial charge in [0.25, 0.3) is 0 Å². The first kappa shape index (κ1) is 10.6. The lowest BCUT2D eigenvalue weighted by Crippen LogP contribution is -2.08. The fourth-order valence-corrected chi connectivity index (χ4v) is 1.93. The number of nitrogens with zero attached hydrogens (tertiary/aromatic N) is 2. The number of benzene rings is 1. The molecule has 6 heteroatoms. The Morgan fingerprint density at radius 2 is 1.94 bits per heavy atom. The first-order chi connectivity index (χ1) is 7.98. The van der Waals surface area contributed by atoms with E-state index in [2.05, 4.69) is 4.98 Å². The van der Waals surface area contributed by atoms with E-state index in [-0.39, 0.29) is 11.6 Å². The highest BCUT2D eigenvalue weighted by molar-refractivity contribution is 5.77. The predicted molar refractivity (Wildman–Crippen MR) is 53.0 cm³/mol. The van der Waals surface area contributed by atoms with Gasteiger partial charge in [0.1, 0.15) is 5.52 Å². The SMILES string of the molecule is Fc1c(C(F)(F)F)ccc2c1ncn2C1CC1. The maximum absolute atomic E-state index is 13.7. The summed E-state index contributed by atoms with van der Waals surface area (Å²) in [5, 5.41) is 0. The Morgan fingerprint density at radius 3 is 2.53 bits per heavy atom. The lowest BCUT2D eigenvalue weighted by atomic mass is 10.1. The van der Waals surface area contributed by atoms with Crippen molar-refractivity contribution >= 4 is 11.0 Å². The number of alkyl halides is 3. The highest BCUT2D eigenvalue weighted by Crippen LogP contribution is 2.39. The van der Waals surface area contributed by atoms with Crippen molar-refractivity contribution in [3.8, 4) is 0 Å². The topological polar surface area (TPSA) is 17.8 Å². The van der Waals surface area contributed by atoms with Gasteiger partial charge in [-0.2, -0.15) is 13.2 Å². The van der Waals surface area contributed by atoms with Crippen LogP contribution in [0.25, 0.3) is 11.0 Å². The highest BCUT2D eigenvalue weighted by atomic mass is 19.4. The molecule has 0 aliphatic heterocycles. The number of hydrogen-bond donors (Lipinski definition) is 0. The molecule has 1 aromatic heterocycles. The van der Waals surface area contributed by atoms with Crippen molar-refractivity contribution in [3.63, 3.8) is 0 Å². The van der Waals surface area contributed by atoms with Crippen molar-refractivity contribution in [1.29, 1.82) is 0 Å². The quantitative estimate of drug-likeness (QED) is 0.702. The molecule has 0 radical (unpaired) electrons. The summed E-state index contributed by atoms with van der Waals surface area (Å²) in [4.78, 5) is 3.74. The third-order valence-electron chi connectivity index (χ3n) is 2.93. The van der Waals surface area contributed by atoms with Gasteiger partial charge in [-0.15, -0.1) is 0 Å². The van der Waals surface area contributed by atoms with Crippen LogP contribution < -0.4 is 0 Å². The lowest BCUT2D eigenvalue weighted by Gasteiger charge is -2.08. The molecule has 1 saturated carbocycles. The summed E-state index contributed by atoms with van der Waals surface area (Å²) in [6.45, 7) is 0. The van der Waals surface area contributed by atoms with Gasteiger partial charge in [-0.05, 0) is 25.0 Å². The Bertz CT molecular complexity index is 581. The Morgan fingerprint density at radius 1 is 1.24 bits per heavy atom. The van der Waals surface area contributed by atoms with Crippen molar-refractivity contribution in [1.82, 2.24) is 9.55 Å². The van der Waals surface area contributed by atoms with Crippen LogP contribution in [0.4, 0.5) is 17.6 Å². The maximum Gasteiger partial charge on any atom is 0.419 e. The molecule has 1 aliphatic rings. The second-order valence-electron chi connectivity index (χ2n) is 4.18. The summed E-state index contributed by atoms with van der Waals surface area (Å²) >= 11 is 0. The van der Waals surface area contributed by atoms with Gasteiger partial charge in [-0.1, -0.05) is 0 Å². The zero-order chi connectivity index (χ0) is 12.2. The maximum atomic E-state index is 13.7. The van der Waals surface area contributed by atoms with Crippen LogP contribution in [0.1, 0.15) is 24.4 Å². The molecule has 2 nitrogen and oxygen atoms in total. The van der Waals surface area contributed by atoms with Gasteiger partial charge >= 0.3 is 6.18 Å².